The molecule has 0 aliphatic carbocycles. The molecule has 0 radical (unpaired) electrons. The van der Waals surface area contributed by atoms with Crippen LogP contribution >= 0.6 is 0 Å². The lowest BCUT2D eigenvalue weighted by Crippen LogP contribution is -2.40. The molecule has 6 nitrogen and oxygen atoms in total. The summed E-state index contributed by atoms with van der Waals surface area (Å²) in [5.41, 5.74) is 5.41. The summed E-state index contributed by atoms with van der Waals surface area (Å²) >= 11 is 0. The van der Waals surface area contributed by atoms with Crippen LogP contribution in [0.1, 0.15) is 32.8 Å². The molecule has 2 heterocycles. The summed E-state index contributed by atoms with van der Waals surface area (Å²) in [5.74, 6) is 0.863. The summed E-state index contributed by atoms with van der Waals surface area (Å²) in [4.78, 5) is 19.7. The lowest BCUT2D eigenvalue weighted by molar-refractivity contribution is 0.0285. The molecule has 1 amide bonds. The topological polar surface area (TPSA) is 57.8 Å². The number of hydrogen-bond acceptors (Lipinski definition) is 4. The molecule has 6 heteroatoms. The number of hydrogen-bond donors (Lipinski definition) is 1. The van der Waals surface area contributed by atoms with Crippen LogP contribution in [0, 0.1) is 0 Å². The second-order valence-electron chi connectivity index (χ2n) is 9.87. The number of aromatic amines is 1. The van der Waals surface area contributed by atoms with Crippen molar-refractivity contribution in [3.05, 3.63) is 60.2 Å². The van der Waals surface area contributed by atoms with E-state index in [4.69, 9.17) is 9.47 Å². The molecule has 0 spiro atoms. The standard InChI is InChI=1S/C28H35N3O3/c1-28(2,3)34-27(32)30(4)16-17-31-14-12-20(13-15-31)21-10-11-24-22(18-21)19-25(29-24)23-8-6-7-9-26(23)33-5/h6-12,18-19,29H,13-17H2,1-5H3. The van der Waals surface area contributed by atoms with Crippen LogP contribution in [0.15, 0.2) is 54.6 Å². The minimum Gasteiger partial charge on any atom is -0.496 e. The molecule has 0 saturated carbocycles. The van der Waals surface area contributed by atoms with Crippen molar-refractivity contribution in [2.45, 2.75) is 32.8 Å². The van der Waals surface area contributed by atoms with Crippen molar-refractivity contribution in [2.24, 2.45) is 0 Å². The van der Waals surface area contributed by atoms with Gasteiger partial charge in [0.15, 0.2) is 0 Å². The van der Waals surface area contributed by atoms with Gasteiger partial charge in [-0.05, 0) is 68.7 Å². The smallest absolute Gasteiger partial charge is 0.410 e. The highest BCUT2D eigenvalue weighted by Gasteiger charge is 2.21. The van der Waals surface area contributed by atoms with Crippen LogP contribution in [-0.4, -0.2) is 66.8 Å². The van der Waals surface area contributed by atoms with Crippen LogP contribution in [0.4, 0.5) is 4.79 Å². The number of amides is 1. The highest BCUT2D eigenvalue weighted by molar-refractivity contribution is 5.89. The van der Waals surface area contributed by atoms with Gasteiger partial charge in [-0.3, -0.25) is 4.90 Å². The number of nitrogens with one attached hydrogen (secondary N) is 1. The van der Waals surface area contributed by atoms with Gasteiger partial charge in [-0.2, -0.15) is 0 Å². The Kier molecular flexibility index (Phi) is 6.98. The summed E-state index contributed by atoms with van der Waals surface area (Å²) in [7, 11) is 3.50. The number of benzene rings is 2. The Morgan fingerprint density at radius 2 is 1.94 bits per heavy atom. The van der Waals surface area contributed by atoms with Gasteiger partial charge in [-0.25, -0.2) is 4.79 Å². The number of rotatable bonds is 6. The summed E-state index contributed by atoms with van der Waals surface area (Å²) in [6.07, 6.45) is 3.03. The molecular weight excluding hydrogens is 426 g/mol. The minimum absolute atomic E-state index is 0.270. The van der Waals surface area contributed by atoms with Gasteiger partial charge in [-0.15, -0.1) is 0 Å². The second kappa shape index (κ2) is 9.94. The van der Waals surface area contributed by atoms with Gasteiger partial charge in [0, 0.05) is 49.7 Å². The Hall–Kier alpha value is -3.25. The molecule has 180 valence electrons. The number of aromatic nitrogens is 1. The highest BCUT2D eigenvalue weighted by Crippen LogP contribution is 2.33. The molecule has 1 aliphatic rings. The SMILES string of the molecule is COc1ccccc1-c1cc2cc(C3=CCN(CCN(C)C(=O)OC(C)(C)C)CC3)ccc2[nH]1. The predicted molar refractivity (Wildman–Crippen MR) is 138 cm³/mol. The van der Waals surface area contributed by atoms with Crippen molar-refractivity contribution < 1.29 is 14.3 Å². The van der Waals surface area contributed by atoms with E-state index in [1.807, 2.05) is 39.0 Å². The quantitative estimate of drug-likeness (QED) is 0.504. The number of likely N-dealkylation sites (N-methyl/N-ethyl adjacent to an activating group) is 1. The first-order valence-electron chi connectivity index (χ1n) is 11.9. The van der Waals surface area contributed by atoms with Crippen molar-refractivity contribution >= 4 is 22.6 Å². The van der Waals surface area contributed by atoms with E-state index in [9.17, 15) is 4.79 Å². The molecule has 0 unspecified atom stereocenters. The van der Waals surface area contributed by atoms with Gasteiger partial charge in [-0.1, -0.05) is 24.3 Å². The van der Waals surface area contributed by atoms with Gasteiger partial charge in [0.1, 0.15) is 11.4 Å². The van der Waals surface area contributed by atoms with Crippen molar-refractivity contribution in [3.8, 4) is 17.0 Å². The zero-order chi connectivity index (χ0) is 24.3. The van der Waals surface area contributed by atoms with Gasteiger partial charge in [0.05, 0.1) is 12.8 Å². The van der Waals surface area contributed by atoms with Crippen molar-refractivity contribution in [1.29, 1.82) is 0 Å². The largest absolute Gasteiger partial charge is 0.496 e. The molecule has 0 saturated heterocycles. The Labute approximate surface area is 202 Å². The third-order valence-electron chi connectivity index (χ3n) is 6.14. The molecule has 0 bridgehead atoms. The Balaban J connectivity index is 1.40. The van der Waals surface area contributed by atoms with E-state index in [-0.39, 0.29) is 6.09 Å². The molecule has 2 aromatic carbocycles. The number of fused-ring (bicyclic) bond motifs is 1. The Bertz CT molecular complexity index is 1190. The molecule has 1 aromatic heterocycles. The zero-order valence-electron chi connectivity index (χ0n) is 20.9. The molecule has 0 fully saturated rings. The van der Waals surface area contributed by atoms with E-state index < -0.39 is 5.60 Å². The van der Waals surface area contributed by atoms with Gasteiger partial charge >= 0.3 is 6.09 Å². The molecule has 4 rings (SSSR count). The zero-order valence-corrected chi connectivity index (χ0v) is 20.9. The maximum atomic E-state index is 12.2. The van der Waals surface area contributed by atoms with Gasteiger partial charge < -0.3 is 19.4 Å². The lowest BCUT2D eigenvalue weighted by atomic mass is 9.98. The molecule has 3 aromatic rings. The molecular formula is C28H35N3O3. The number of carbonyl (C=O) groups excluding carboxylic acids is 1. The predicted octanol–water partition coefficient (Wildman–Crippen LogP) is 5.80. The van der Waals surface area contributed by atoms with Crippen LogP contribution in [0.2, 0.25) is 0 Å². The first-order chi connectivity index (χ1) is 16.2. The molecule has 0 atom stereocenters. The Morgan fingerprint density at radius 1 is 1.15 bits per heavy atom. The molecule has 34 heavy (non-hydrogen) atoms. The van der Waals surface area contributed by atoms with Crippen LogP contribution in [0.5, 0.6) is 5.75 Å². The van der Waals surface area contributed by atoms with Crippen molar-refractivity contribution in [2.75, 3.05) is 40.3 Å². The van der Waals surface area contributed by atoms with Crippen LogP contribution < -0.4 is 4.74 Å². The fourth-order valence-corrected chi connectivity index (χ4v) is 4.24. The van der Waals surface area contributed by atoms with Crippen LogP contribution in [0.25, 0.3) is 27.7 Å². The average molecular weight is 462 g/mol. The fraction of sp³-hybridized carbons (Fsp3) is 0.393. The average Bonchev–Trinajstić information content (AvgIpc) is 3.25. The number of carbonyl (C=O) groups is 1. The molecule has 1 aliphatic heterocycles. The fourth-order valence-electron chi connectivity index (χ4n) is 4.24. The number of para-hydroxylation sites is 1. The number of ether oxygens (including phenoxy) is 2. The third-order valence-corrected chi connectivity index (χ3v) is 6.14. The van der Waals surface area contributed by atoms with E-state index in [1.165, 1.54) is 16.5 Å². The van der Waals surface area contributed by atoms with Gasteiger partial charge in [0.25, 0.3) is 0 Å². The van der Waals surface area contributed by atoms with E-state index in [0.29, 0.717) is 6.54 Å². The van der Waals surface area contributed by atoms with Gasteiger partial charge in [0.2, 0.25) is 0 Å². The van der Waals surface area contributed by atoms with E-state index in [1.54, 1.807) is 19.1 Å². The monoisotopic (exact) mass is 461 g/mol. The third kappa shape index (κ3) is 5.62. The minimum atomic E-state index is -0.470. The summed E-state index contributed by atoms with van der Waals surface area (Å²) in [6, 6.07) is 16.9. The van der Waals surface area contributed by atoms with E-state index >= 15 is 0 Å². The van der Waals surface area contributed by atoms with E-state index in [2.05, 4.69) is 46.3 Å². The second-order valence-corrected chi connectivity index (χ2v) is 9.87. The van der Waals surface area contributed by atoms with Crippen molar-refractivity contribution in [1.82, 2.24) is 14.8 Å². The van der Waals surface area contributed by atoms with E-state index in [0.717, 1.165) is 48.6 Å². The first-order valence-corrected chi connectivity index (χ1v) is 11.9. The maximum Gasteiger partial charge on any atom is 0.410 e. The summed E-state index contributed by atoms with van der Waals surface area (Å²) in [5, 5.41) is 1.20. The van der Waals surface area contributed by atoms with Crippen molar-refractivity contribution in [3.63, 3.8) is 0 Å². The number of nitrogens with zero attached hydrogens (tertiary/aromatic N) is 2. The normalized spacial score (nSPS) is 14.7. The lowest BCUT2D eigenvalue weighted by Gasteiger charge is -2.29. The van der Waals surface area contributed by atoms with Crippen LogP contribution in [0.3, 0.4) is 0 Å². The number of H-pyrrole nitrogens is 1. The first kappa shape index (κ1) is 23.9. The highest BCUT2D eigenvalue weighted by atomic mass is 16.6. The van der Waals surface area contributed by atoms with Crippen LogP contribution in [-0.2, 0) is 4.74 Å². The molecule has 1 N–H and O–H groups in total. The maximum absolute atomic E-state index is 12.2. The summed E-state index contributed by atoms with van der Waals surface area (Å²) in [6.45, 7) is 9.01. The summed E-state index contributed by atoms with van der Waals surface area (Å²) < 4.78 is 11.0. The number of methoxy groups -OCH3 is 1. The Morgan fingerprint density at radius 3 is 2.65 bits per heavy atom.